The van der Waals surface area contributed by atoms with Crippen molar-refractivity contribution in [2.24, 2.45) is 0 Å². The van der Waals surface area contributed by atoms with Gasteiger partial charge in [0, 0.05) is 10.6 Å². The van der Waals surface area contributed by atoms with Gasteiger partial charge in [-0.05, 0) is 12.1 Å². The van der Waals surface area contributed by atoms with E-state index in [-0.39, 0.29) is 5.82 Å². The molecule has 142 valence electrons. The number of aliphatic hydroxyl groups is 2. The van der Waals surface area contributed by atoms with E-state index in [0.717, 1.165) is 10.6 Å². The van der Waals surface area contributed by atoms with Gasteiger partial charge in [0.1, 0.15) is 29.8 Å². The fraction of sp³-hybridized carbons (Fsp3) is 0.353. The average Bonchev–Trinajstić information content (AvgIpc) is 3.23. The van der Waals surface area contributed by atoms with Crippen LogP contribution in [0.5, 0.6) is 5.75 Å². The van der Waals surface area contributed by atoms with Crippen LogP contribution in [0.15, 0.2) is 41.8 Å². The summed E-state index contributed by atoms with van der Waals surface area (Å²) in [6, 6.07) is 7.60. The maximum absolute atomic E-state index is 10.5. The molecule has 3 aromatic rings. The van der Waals surface area contributed by atoms with Crippen LogP contribution >= 0.6 is 11.8 Å². The molecule has 0 saturated carbocycles. The van der Waals surface area contributed by atoms with Crippen LogP contribution in [0.2, 0.25) is 0 Å². The lowest BCUT2D eigenvalue weighted by molar-refractivity contribution is -0.0289. The van der Waals surface area contributed by atoms with Crippen molar-refractivity contribution in [2.45, 2.75) is 29.4 Å². The number of nitrogens with zero attached hydrogens (tertiary/aromatic N) is 4. The number of anilines is 1. The number of thioether (sulfide) groups is 1. The number of imidazole rings is 1. The van der Waals surface area contributed by atoms with Crippen molar-refractivity contribution >= 4 is 28.7 Å². The Balaban J connectivity index is 1.53. The largest absolute Gasteiger partial charge is 0.496 e. The minimum absolute atomic E-state index is 0.245. The van der Waals surface area contributed by atoms with Gasteiger partial charge in [-0.25, -0.2) is 15.0 Å². The Labute approximate surface area is 159 Å². The Kier molecular flexibility index (Phi) is 4.87. The number of aliphatic hydroxyl groups excluding tert-OH is 2. The molecule has 1 aliphatic rings. The maximum Gasteiger partial charge on any atom is 0.167 e. The van der Waals surface area contributed by atoms with Gasteiger partial charge in [0.15, 0.2) is 17.7 Å². The highest BCUT2D eigenvalue weighted by Crippen LogP contribution is 2.36. The molecule has 0 bridgehead atoms. The first kappa shape index (κ1) is 18.0. The summed E-state index contributed by atoms with van der Waals surface area (Å²) >= 11 is 1.49. The number of para-hydroxylation sites is 1. The number of nitrogen functional groups attached to an aromatic ring is 1. The van der Waals surface area contributed by atoms with Crippen LogP contribution in [0.4, 0.5) is 5.82 Å². The molecule has 1 fully saturated rings. The number of rotatable bonds is 5. The molecule has 0 aliphatic carbocycles. The summed E-state index contributed by atoms with van der Waals surface area (Å²) in [5.41, 5.74) is 6.67. The molecule has 1 saturated heterocycles. The third-order valence-corrected chi connectivity index (χ3v) is 5.61. The van der Waals surface area contributed by atoms with Crippen molar-refractivity contribution < 1.29 is 19.7 Å². The van der Waals surface area contributed by atoms with Crippen molar-refractivity contribution in [3.63, 3.8) is 0 Å². The van der Waals surface area contributed by atoms with Crippen molar-refractivity contribution in [2.75, 3.05) is 18.6 Å². The van der Waals surface area contributed by atoms with E-state index in [2.05, 4.69) is 15.0 Å². The second-order valence-electron chi connectivity index (χ2n) is 6.09. The normalized spacial score (nSPS) is 25.1. The average molecular weight is 389 g/mol. The van der Waals surface area contributed by atoms with Crippen molar-refractivity contribution in [1.29, 1.82) is 0 Å². The zero-order chi connectivity index (χ0) is 19.0. The molecule has 27 heavy (non-hydrogen) atoms. The molecule has 4 atom stereocenters. The van der Waals surface area contributed by atoms with Gasteiger partial charge in [-0.1, -0.05) is 12.1 Å². The van der Waals surface area contributed by atoms with Crippen LogP contribution in [0, 0.1) is 0 Å². The van der Waals surface area contributed by atoms with Crippen molar-refractivity contribution in [3.8, 4) is 5.75 Å². The number of methoxy groups -OCH3 is 1. The van der Waals surface area contributed by atoms with E-state index in [1.807, 2.05) is 24.3 Å². The highest BCUT2D eigenvalue weighted by molar-refractivity contribution is 7.99. The summed E-state index contributed by atoms with van der Waals surface area (Å²) in [5.74, 6) is 1.44. The summed E-state index contributed by atoms with van der Waals surface area (Å²) in [5, 5.41) is 20.9. The Bertz CT molecular complexity index is 952. The van der Waals surface area contributed by atoms with Gasteiger partial charge in [0.25, 0.3) is 0 Å². The van der Waals surface area contributed by atoms with Crippen LogP contribution in [-0.2, 0) is 4.74 Å². The molecule has 10 heteroatoms. The molecular weight excluding hydrogens is 370 g/mol. The zero-order valence-corrected chi connectivity index (χ0v) is 15.3. The number of hydrogen-bond donors (Lipinski definition) is 3. The van der Waals surface area contributed by atoms with Gasteiger partial charge in [-0.3, -0.25) is 4.57 Å². The molecule has 9 nitrogen and oxygen atoms in total. The van der Waals surface area contributed by atoms with Gasteiger partial charge < -0.3 is 25.4 Å². The Morgan fingerprint density at radius 2 is 2.04 bits per heavy atom. The molecule has 4 N–H and O–H groups in total. The van der Waals surface area contributed by atoms with E-state index < -0.39 is 24.5 Å². The number of hydrogen-bond acceptors (Lipinski definition) is 9. The van der Waals surface area contributed by atoms with E-state index in [9.17, 15) is 10.2 Å². The first-order chi connectivity index (χ1) is 13.1. The standard InChI is InChI=1S/C17H19N5O4S/c1-25-9-4-2-3-5-11(9)27-6-10-13(23)14(24)17(26-10)22-8-21-12-15(18)19-7-20-16(12)22/h2-5,7-8,10,13-14,17,23-24H,6H2,1H3,(H2,18,19,20)/t10?,13?,14?,17-/m1/s1. The lowest BCUT2D eigenvalue weighted by Crippen LogP contribution is -2.32. The van der Waals surface area contributed by atoms with Gasteiger partial charge in [0.05, 0.1) is 19.5 Å². The molecule has 3 heterocycles. The van der Waals surface area contributed by atoms with E-state index in [0.29, 0.717) is 16.9 Å². The third-order valence-electron chi connectivity index (χ3n) is 4.47. The number of ether oxygens (including phenoxy) is 2. The fourth-order valence-corrected chi connectivity index (χ4v) is 4.15. The van der Waals surface area contributed by atoms with Gasteiger partial charge in [0.2, 0.25) is 0 Å². The molecular formula is C17H19N5O4S. The lowest BCUT2D eigenvalue weighted by atomic mass is 10.1. The Hall–Kier alpha value is -2.40. The number of nitrogens with two attached hydrogens (primary N) is 1. The summed E-state index contributed by atoms with van der Waals surface area (Å²) in [6.45, 7) is 0. The SMILES string of the molecule is COc1ccccc1SCC1O[C@@H](n2cnc3c(N)ncnc32)C(O)C1O. The van der Waals surface area contributed by atoms with E-state index >= 15 is 0 Å². The second kappa shape index (κ2) is 7.31. The summed E-state index contributed by atoms with van der Waals surface area (Å²) < 4.78 is 12.8. The second-order valence-corrected chi connectivity index (χ2v) is 7.15. The minimum Gasteiger partial charge on any atom is -0.496 e. The van der Waals surface area contributed by atoms with Crippen LogP contribution in [0.1, 0.15) is 6.23 Å². The van der Waals surface area contributed by atoms with Gasteiger partial charge in [-0.2, -0.15) is 0 Å². The van der Waals surface area contributed by atoms with Crippen molar-refractivity contribution in [1.82, 2.24) is 19.5 Å². The van der Waals surface area contributed by atoms with Crippen LogP contribution in [0.3, 0.4) is 0 Å². The minimum atomic E-state index is -1.12. The number of aromatic nitrogens is 4. The smallest absolute Gasteiger partial charge is 0.167 e. The van der Waals surface area contributed by atoms with E-state index in [1.54, 1.807) is 11.7 Å². The predicted molar refractivity (Wildman–Crippen MR) is 99.4 cm³/mol. The predicted octanol–water partition coefficient (Wildman–Crippen LogP) is 0.829. The highest BCUT2D eigenvalue weighted by atomic mass is 32.2. The van der Waals surface area contributed by atoms with Gasteiger partial charge >= 0.3 is 0 Å². The molecule has 1 aliphatic heterocycles. The summed E-state index contributed by atoms with van der Waals surface area (Å²) in [4.78, 5) is 13.2. The molecule has 2 aromatic heterocycles. The third kappa shape index (κ3) is 3.21. The lowest BCUT2D eigenvalue weighted by Gasteiger charge is -2.16. The first-order valence-electron chi connectivity index (χ1n) is 8.30. The Morgan fingerprint density at radius 1 is 1.22 bits per heavy atom. The fourth-order valence-electron chi connectivity index (χ4n) is 3.06. The van der Waals surface area contributed by atoms with Crippen LogP contribution in [-0.4, -0.2) is 60.9 Å². The molecule has 0 radical (unpaired) electrons. The number of fused-ring (bicyclic) bond motifs is 1. The van der Waals surface area contributed by atoms with Gasteiger partial charge in [-0.15, -0.1) is 11.8 Å². The molecule has 0 amide bonds. The van der Waals surface area contributed by atoms with Crippen molar-refractivity contribution in [3.05, 3.63) is 36.9 Å². The summed E-state index contributed by atoms with van der Waals surface area (Å²) in [7, 11) is 1.61. The molecule has 0 spiro atoms. The topological polar surface area (TPSA) is 129 Å². The van der Waals surface area contributed by atoms with Crippen LogP contribution in [0.25, 0.3) is 11.2 Å². The van der Waals surface area contributed by atoms with E-state index in [4.69, 9.17) is 15.2 Å². The van der Waals surface area contributed by atoms with E-state index in [1.165, 1.54) is 24.4 Å². The van der Waals surface area contributed by atoms with Crippen LogP contribution < -0.4 is 10.5 Å². The summed E-state index contributed by atoms with van der Waals surface area (Å²) in [6.07, 6.45) is -0.760. The first-order valence-corrected chi connectivity index (χ1v) is 9.29. The molecule has 3 unspecified atom stereocenters. The zero-order valence-electron chi connectivity index (χ0n) is 14.5. The molecule has 1 aromatic carbocycles. The molecule has 4 rings (SSSR count). The monoisotopic (exact) mass is 389 g/mol. The highest BCUT2D eigenvalue weighted by Gasteiger charge is 2.44. The maximum atomic E-state index is 10.5. The number of benzene rings is 1. The quantitative estimate of drug-likeness (QED) is 0.543. The Morgan fingerprint density at radius 3 is 2.85 bits per heavy atom.